The van der Waals surface area contributed by atoms with E-state index in [1.165, 1.54) is 13.0 Å². The van der Waals surface area contributed by atoms with E-state index in [9.17, 15) is 8.78 Å². The number of hydrogen-bond acceptors (Lipinski definition) is 2. The average Bonchev–Trinajstić information content (AvgIpc) is 2.10. The Morgan fingerprint density at radius 1 is 1.69 bits per heavy atom. The van der Waals surface area contributed by atoms with Gasteiger partial charge in [0.25, 0.3) is 0 Å². The molecule has 2 N–H and O–H groups in total. The van der Waals surface area contributed by atoms with Crippen LogP contribution in [-0.4, -0.2) is 24.4 Å². The summed E-state index contributed by atoms with van der Waals surface area (Å²) in [6, 6.07) is 0. The first-order valence-corrected chi connectivity index (χ1v) is 4.20. The highest BCUT2D eigenvalue weighted by molar-refractivity contribution is 5.30. The van der Waals surface area contributed by atoms with Gasteiger partial charge in [-0.2, -0.15) is 0 Å². The third-order valence-electron chi connectivity index (χ3n) is 2.01. The first-order valence-electron chi connectivity index (χ1n) is 4.20. The van der Waals surface area contributed by atoms with Crippen molar-refractivity contribution in [3.8, 4) is 0 Å². The normalized spacial score (nSPS) is 23.1. The predicted octanol–water partition coefficient (Wildman–Crippen LogP) is 1.44. The molecule has 0 aromatic carbocycles. The molecule has 13 heavy (non-hydrogen) atoms. The van der Waals surface area contributed by atoms with E-state index < -0.39 is 12.0 Å². The Kier molecular flexibility index (Phi) is 3.42. The van der Waals surface area contributed by atoms with Crippen LogP contribution in [0.1, 0.15) is 13.3 Å². The lowest BCUT2D eigenvalue weighted by molar-refractivity contribution is 0.292. The van der Waals surface area contributed by atoms with Crippen molar-refractivity contribution in [2.45, 2.75) is 19.5 Å². The molecule has 0 bridgehead atoms. The molecule has 4 heteroatoms. The third kappa shape index (κ3) is 2.52. The van der Waals surface area contributed by atoms with Crippen LogP contribution in [0.25, 0.3) is 0 Å². The highest BCUT2D eigenvalue weighted by atomic mass is 19.1. The van der Waals surface area contributed by atoms with Crippen LogP contribution in [0.2, 0.25) is 0 Å². The Morgan fingerprint density at radius 3 is 2.92 bits per heavy atom. The van der Waals surface area contributed by atoms with E-state index >= 15 is 0 Å². The van der Waals surface area contributed by atoms with Gasteiger partial charge < -0.3 is 10.4 Å². The molecule has 1 aliphatic rings. The Hall–Kier alpha value is -0.900. The number of nitrogens with one attached hydrogen (secondary N) is 1. The van der Waals surface area contributed by atoms with Crippen LogP contribution in [0.15, 0.2) is 23.2 Å². The number of rotatable bonds is 3. The van der Waals surface area contributed by atoms with Crippen molar-refractivity contribution in [3.05, 3.63) is 23.2 Å². The quantitative estimate of drug-likeness (QED) is 0.704. The lowest BCUT2D eigenvalue weighted by Crippen LogP contribution is -2.23. The topological polar surface area (TPSA) is 32.3 Å². The number of hydrogen-bond donors (Lipinski definition) is 2. The Labute approximate surface area is 75.9 Å². The molecule has 1 unspecified atom stereocenters. The molecule has 1 aliphatic carbocycles. The van der Waals surface area contributed by atoms with Crippen molar-refractivity contribution < 1.29 is 13.9 Å². The number of alkyl halides is 1. The van der Waals surface area contributed by atoms with Gasteiger partial charge >= 0.3 is 0 Å². The third-order valence-corrected chi connectivity index (χ3v) is 2.01. The summed E-state index contributed by atoms with van der Waals surface area (Å²) in [6.45, 7) is 1.73. The highest BCUT2D eigenvalue weighted by Gasteiger charge is 2.20. The fourth-order valence-electron chi connectivity index (χ4n) is 1.16. The zero-order valence-electron chi connectivity index (χ0n) is 7.48. The minimum atomic E-state index is -1.24. The van der Waals surface area contributed by atoms with Crippen molar-refractivity contribution in [1.82, 2.24) is 5.32 Å². The van der Waals surface area contributed by atoms with Crippen LogP contribution in [0.3, 0.4) is 0 Å². The van der Waals surface area contributed by atoms with E-state index in [2.05, 4.69) is 5.32 Å². The fourth-order valence-corrected chi connectivity index (χ4v) is 1.16. The molecule has 0 aliphatic heterocycles. The number of aliphatic hydroxyl groups excluding tert-OH is 1. The molecule has 0 aromatic rings. The molecule has 0 fully saturated rings. The molecule has 0 saturated heterocycles. The number of halogens is 2. The maximum atomic E-state index is 13.1. The summed E-state index contributed by atoms with van der Waals surface area (Å²) in [7, 11) is 0. The van der Waals surface area contributed by atoms with Crippen LogP contribution in [0.4, 0.5) is 8.78 Å². The molecule has 1 atom stereocenters. The van der Waals surface area contributed by atoms with Gasteiger partial charge in [0.05, 0.1) is 6.61 Å². The van der Waals surface area contributed by atoms with Crippen LogP contribution in [0, 0.1) is 0 Å². The fraction of sp³-hybridized carbons (Fsp3) is 0.556. The van der Waals surface area contributed by atoms with E-state index in [0.717, 1.165) is 0 Å². The maximum Gasteiger partial charge on any atom is 0.129 e. The van der Waals surface area contributed by atoms with Crippen LogP contribution < -0.4 is 5.32 Å². The largest absolute Gasteiger partial charge is 0.395 e. The molecule has 0 amide bonds. The zero-order valence-corrected chi connectivity index (χ0v) is 7.48. The van der Waals surface area contributed by atoms with Gasteiger partial charge in [-0.15, -0.1) is 0 Å². The smallest absolute Gasteiger partial charge is 0.129 e. The van der Waals surface area contributed by atoms with E-state index in [1.807, 2.05) is 0 Å². The molecular formula is C9H13F2NO. The number of aliphatic hydroxyl groups is 1. The van der Waals surface area contributed by atoms with Crippen molar-refractivity contribution in [2.24, 2.45) is 0 Å². The predicted molar refractivity (Wildman–Crippen MR) is 46.5 cm³/mol. The second kappa shape index (κ2) is 4.37. The van der Waals surface area contributed by atoms with Gasteiger partial charge in [-0.1, -0.05) is 0 Å². The summed E-state index contributed by atoms with van der Waals surface area (Å²) in [5.41, 5.74) is 0.652. The van der Waals surface area contributed by atoms with Gasteiger partial charge in [-0.05, 0) is 18.6 Å². The summed E-state index contributed by atoms with van der Waals surface area (Å²) >= 11 is 0. The molecule has 0 spiro atoms. The summed E-state index contributed by atoms with van der Waals surface area (Å²) in [6.07, 6.45) is 0.201. The second-order valence-corrected chi connectivity index (χ2v) is 3.02. The van der Waals surface area contributed by atoms with Gasteiger partial charge in [-0.3, -0.25) is 0 Å². The zero-order chi connectivity index (χ0) is 9.84. The molecule has 0 saturated carbocycles. The van der Waals surface area contributed by atoms with Crippen LogP contribution >= 0.6 is 0 Å². The van der Waals surface area contributed by atoms with Crippen LogP contribution in [-0.2, 0) is 0 Å². The van der Waals surface area contributed by atoms with Gasteiger partial charge in [0.2, 0.25) is 0 Å². The SMILES string of the molecule is CC1=C(F)C=C(NCCO)CC1F. The molecular weight excluding hydrogens is 176 g/mol. The summed E-state index contributed by atoms with van der Waals surface area (Å²) < 4.78 is 26.0. The standard InChI is InChI=1S/C9H13F2NO/c1-6-8(10)4-7(5-9(6)11)12-2-3-13/h4,9,12-13H,2-3,5H2,1H3. The summed E-state index contributed by atoms with van der Waals surface area (Å²) in [5.74, 6) is -0.515. The van der Waals surface area contributed by atoms with E-state index in [1.54, 1.807) is 0 Å². The minimum Gasteiger partial charge on any atom is -0.395 e. The highest BCUT2D eigenvalue weighted by Crippen LogP contribution is 2.25. The molecule has 1 rings (SSSR count). The van der Waals surface area contributed by atoms with Crippen molar-refractivity contribution in [1.29, 1.82) is 0 Å². The molecule has 2 nitrogen and oxygen atoms in total. The van der Waals surface area contributed by atoms with E-state index in [0.29, 0.717) is 12.2 Å². The van der Waals surface area contributed by atoms with Crippen molar-refractivity contribution in [3.63, 3.8) is 0 Å². The maximum absolute atomic E-state index is 13.1. The molecule has 0 heterocycles. The monoisotopic (exact) mass is 189 g/mol. The van der Waals surface area contributed by atoms with Crippen LogP contribution in [0.5, 0.6) is 0 Å². The summed E-state index contributed by atoms with van der Waals surface area (Å²) in [5, 5.41) is 11.2. The second-order valence-electron chi connectivity index (χ2n) is 3.02. The van der Waals surface area contributed by atoms with Gasteiger partial charge in [0, 0.05) is 18.7 Å². The average molecular weight is 189 g/mol. The van der Waals surface area contributed by atoms with Gasteiger partial charge in [0.1, 0.15) is 12.0 Å². The van der Waals surface area contributed by atoms with E-state index in [4.69, 9.17) is 5.11 Å². The molecule has 0 radical (unpaired) electrons. The van der Waals surface area contributed by atoms with Gasteiger partial charge in [-0.25, -0.2) is 8.78 Å². The lowest BCUT2D eigenvalue weighted by atomic mass is 10.0. The van der Waals surface area contributed by atoms with Crippen molar-refractivity contribution in [2.75, 3.05) is 13.2 Å². The minimum absolute atomic E-state index is 0.0430. The lowest BCUT2D eigenvalue weighted by Gasteiger charge is -2.18. The molecule has 74 valence electrons. The number of allylic oxidation sites excluding steroid dienone is 4. The first kappa shape index (κ1) is 10.2. The molecule has 0 aromatic heterocycles. The first-order chi connectivity index (χ1) is 6.15. The van der Waals surface area contributed by atoms with Crippen molar-refractivity contribution >= 4 is 0 Å². The Balaban J connectivity index is 2.64. The van der Waals surface area contributed by atoms with E-state index in [-0.39, 0.29) is 18.6 Å². The Morgan fingerprint density at radius 2 is 2.38 bits per heavy atom. The van der Waals surface area contributed by atoms with Gasteiger partial charge in [0.15, 0.2) is 0 Å². The summed E-state index contributed by atoms with van der Waals surface area (Å²) in [4.78, 5) is 0. The Bertz CT molecular complexity index is 248.